The van der Waals surface area contributed by atoms with E-state index in [4.69, 9.17) is 10.00 Å². The first-order chi connectivity index (χ1) is 10.2. The molecule has 0 N–H and O–H groups in total. The van der Waals surface area contributed by atoms with Crippen molar-refractivity contribution >= 4 is 17.8 Å². The van der Waals surface area contributed by atoms with Crippen LogP contribution in [0.4, 0.5) is 5.69 Å². The van der Waals surface area contributed by atoms with E-state index in [9.17, 15) is 10.1 Å². The summed E-state index contributed by atoms with van der Waals surface area (Å²) >= 11 is 0. The number of hydrogen-bond acceptors (Lipinski definition) is 4. The zero-order chi connectivity index (χ0) is 15.1. The third kappa shape index (κ3) is 3.67. The number of hydrogen-bond donors (Lipinski definition) is 0. The lowest BCUT2D eigenvalue weighted by Crippen LogP contribution is -1.95. The Morgan fingerprint density at radius 1 is 1.10 bits per heavy atom. The molecule has 5 nitrogen and oxygen atoms in total. The summed E-state index contributed by atoms with van der Waals surface area (Å²) in [4.78, 5) is 10.5. The summed E-state index contributed by atoms with van der Waals surface area (Å²) in [5.74, 6) is 0.564. The molecule has 0 spiro atoms. The van der Waals surface area contributed by atoms with Gasteiger partial charge in [0.2, 0.25) is 0 Å². The number of nitro benzene ring substituents is 1. The van der Waals surface area contributed by atoms with Crippen molar-refractivity contribution in [2.24, 2.45) is 0 Å². The predicted molar refractivity (Wildman–Crippen MR) is 79.6 cm³/mol. The van der Waals surface area contributed by atoms with Crippen LogP contribution >= 0.6 is 0 Å². The number of nitro groups is 1. The maximum absolute atomic E-state index is 11.0. The topological polar surface area (TPSA) is 76.2 Å². The standard InChI is InChI=1S/C16H12N2O3/c17-11-12-21-16-8-4-2-6-14(16)10-9-13-5-1-3-7-15(13)18(19)20/h1-10H,12H2/b10-9+. The third-order valence-electron chi connectivity index (χ3n) is 2.79. The van der Waals surface area contributed by atoms with Gasteiger partial charge in [-0.05, 0) is 18.2 Å². The Labute approximate surface area is 121 Å². The predicted octanol–water partition coefficient (Wildman–Crippen LogP) is 3.67. The van der Waals surface area contributed by atoms with Gasteiger partial charge >= 0.3 is 0 Å². The van der Waals surface area contributed by atoms with Gasteiger partial charge in [0.1, 0.15) is 11.8 Å². The van der Waals surface area contributed by atoms with E-state index in [1.165, 1.54) is 6.07 Å². The summed E-state index contributed by atoms with van der Waals surface area (Å²) in [6.07, 6.45) is 3.39. The zero-order valence-corrected chi connectivity index (χ0v) is 11.1. The fourth-order valence-corrected chi connectivity index (χ4v) is 1.83. The molecule has 0 unspecified atom stereocenters. The lowest BCUT2D eigenvalue weighted by Gasteiger charge is -2.05. The van der Waals surface area contributed by atoms with Crippen molar-refractivity contribution in [1.29, 1.82) is 5.26 Å². The van der Waals surface area contributed by atoms with Crippen LogP contribution in [0.5, 0.6) is 5.75 Å². The fraction of sp³-hybridized carbons (Fsp3) is 0.0625. The van der Waals surface area contributed by atoms with E-state index in [0.717, 1.165) is 5.56 Å². The van der Waals surface area contributed by atoms with E-state index in [1.54, 1.807) is 42.5 Å². The minimum absolute atomic E-state index is 0.0453. The molecule has 5 heteroatoms. The van der Waals surface area contributed by atoms with Crippen molar-refractivity contribution in [2.45, 2.75) is 0 Å². The monoisotopic (exact) mass is 280 g/mol. The van der Waals surface area contributed by atoms with Crippen LogP contribution in [-0.2, 0) is 0 Å². The molecule has 0 saturated heterocycles. The second-order valence-electron chi connectivity index (χ2n) is 4.13. The van der Waals surface area contributed by atoms with Crippen molar-refractivity contribution in [3.05, 3.63) is 69.8 Å². The molecule has 0 saturated carbocycles. The minimum Gasteiger partial charge on any atom is -0.478 e. The summed E-state index contributed by atoms with van der Waals surface area (Å²) in [5.41, 5.74) is 1.31. The van der Waals surface area contributed by atoms with Crippen molar-refractivity contribution < 1.29 is 9.66 Å². The van der Waals surface area contributed by atoms with E-state index in [1.807, 2.05) is 18.2 Å². The number of nitriles is 1. The second-order valence-corrected chi connectivity index (χ2v) is 4.13. The highest BCUT2D eigenvalue weighted by Gasteiger charge is 2.09. The molecule has 21 heavy (non-hydrogen) atoms. The first kappa shape index (κ1) is 14.3. The van der Waals surface area contributed by atoms with Crippen LogP contribution in [0.3, 0.4) is 0 Å². The molecule has 0 fully saturated rings. The van der Waals surface area contributed by atoms with Gasteiger partial charge in [-0.3, -0.25) is 10.1 Å². The normalized spacial score (nSPS) is 10.2. The molecule has 104 valence electrons. The number of para-hydroxylation sites is 2. The molecule has 0 atom stereocenters. The van der Waals surface area contributed by atoms with Crippen LogP contribution in [0.2, 0.25) is 0 Å². The Morgan fingerprint density at radius 3 is 2.43 bits per heavy atom. The number of ether oxygens (including phenoxy) is 1. The van der Waals surface area contributed by atoms with Gasteiger partial charge in [-0.25, -0.2) is 0 Å². The summed E-state index contributed by atoms with van der Waals surface area (Å²) in [5, 5.41) is 19.5. The van der Waals surface area contributed by atoms with E-state index in [2.05, 4.69) is 0 Å². The van der Waals surface area contributed by atoms with Crippen molar-refractivity contribution in [3.8, 4) is 11.8 Å². The Hall–Kier alpha value is -3.13. The van der Waals surface area contributed by atoms with Crippen LogP contribution in [0.25, 0.3) is 12.2 Å². The van der Waals surface area contributed by atoms with Gasteiger partial charge in [0, 0.05) is 11.6 Å². The van der Waals surface area contributed by atoms with Crippen LogP contribution in [0.15, 0.2) is 48.5 Å². The van der Waals surface area contributed by atoms with Gasteiger partial charge in [-0.15, -0.1) is 0 Å². The quantitative estimate of drug-likeness (QED) is 0.475. The molecule has 0 aliphatic carbocycles. The Bertz CT molecular complexity index is 717. The van der Waals surface area contributed by atoms with Crippen LogP contribution in [0, 0.1) is 21.4 Å². The van der Waals surface area contributed by atoms with E-state index >= 15 is 0 Å². The highest BCUT2D eigenvalue weighted by Crippen LogP contribution is 2.24. The van der Waals surface area contributed by atoms with Gasteiger partial charge in [-0.1, -0.05) is 36.4 Å². The largest absolute Gasteiger partial charge is 0.478 e. The van der Waals surface area contributed by atoms with Crippen molar-refractivity contribution in [3.63, 3.8) is 0 Å². The fourth-order valence-electron chi connectivity index (χ4n) is 1.83. The van der Waals surface area contributed by atoms with Crippen LogP contribution < -0.4 is 4.74 Å². The number of nitrogens with zero attached hydrogens (tertiary/aromatic N) is 2. The molecule has 0 amide bonds. The molecule has 0 radical (unpaired) electrons. The molecule has 0 bridgehead atoms. The van der Waals surface area contributed by atoms with Gasteiger partial charge in [0.15, 0.2) is 6.61 Å². The maximum atomic E-state index is 11.0. The SMILES string of the molecule is N#CCOc1ccccc1/C=C/c1ccccc1[N+](=O)[O-]. The zero-order valence-electron chi connectivity index (χ0n) is 11.1. The molecule has 2 aromatic carbocycles. The van der Waals surface area contributed by atoms with Crippen molar-refractivity contribution in [1.82, 2.24) is 0 Å². The summed E-state index contributed by atoms with van der Waals surface area (Å²) in [7, 11) is 0. The maximum Gasteiger partial charge on any atom is 0.276 e. The molecular weight excluding hydrogens is 268 g/mol. The molecule has 0 aromatic heterocycles. The summed E-state index contributed by atoms with van der Waals surface area (Å²) in [6, 6.07) is 15.6. The van der Waals surface area contributed by atoms with Crippen molar-refractivity contribution in [2.75, 3.05) is 6.61 Å². The number of benzene rings is 2. The molecular formula is C16H12N2O3. The van der Waals surface area contributed by atoms with Crippen LogP contribution in [0.1, 0.15) is 11.1 Å². The lowest BCUT2D eigenvalue weighted by atomic mass is 10.1. The average molecular weight is 280 g/mol. The highest BCUT2D eigenvalue weighted by molar-refractivity contribution is 5.76. The Kier molecular flexibility index (Phi) is 4.67. The van der Waals surface area contributed by atoms with Gasteiger partial charge in [-0.2, -0.15) is 5.26 Å². The van der Waals surface area contributed by atoms with Gasteiger partial charge < -0.3 is 4.74 Å². The first-order valence-electron chi connectivity index (χ1n) is 6.22. The Morgan fingerprint density at radius 2 is 1.71 bits per heavy atom. The Balaban J connectivity index is 2.30. The molecule has 0 heterocycles. The molecule has 2 aromatic rings. The summed E-state index contributed by atoms with van der Waals surface area (Å²) in [6.45, 7) is -0.0453. The first-order valence-corrected chi connectivity index (χ1v) is 6.22. The average Bonchev–Trinajstić information content (AvgIpc) is 2.52. The number of rotatable bonds is 5. The molecule has 0 aliphatic heterocycles. The lowest BCUT2D eigenvalue weighted by molar-refractivity contribution is -0.385. The van der Waals surface area contributed by atoms with Gasteiger partial charge in [0.25, 0.3) is 5.69 Å². The van der Waals surface area contributed by atoms with Crippen LogP contribution in [-0.4, -0.2) is 11.5 Å². The van der Waals surface area contributed by atoms with E-state index < -0.39 is 4.92 Å². The van der Waals surface area contributed by atoms with E-state index in [-0.39, 0.29) is 12.3 Å². The molecule has 2 rings (SSSR count). The smallest absolute Gasteiger partial charge is 0.276 e. The summed E-state index contributed by atoms with van der Waals surface area (Å²) < 4.78 is 5.31. The third-order valence-corrected chi connectivity index (χ3v) is 2.79. The van der Waals surface area contributed by atoms with E-state index in [0.29, 0.717) is 11.3 Å². The molecule has 0 aliphatic rings. The van der Waals surface area contributed by atoms with Gasteiger partial charge in [0.05, 0.1) is 10.5 Å². The second kappa shape index (κ2) is 6.87. The minimum atomic E-state index is -0.419. The highest BCUT2D eigenvalue weighted by atomic mass is 16.6.